The first kappa shape index (κ1) is 14.8. The van der Waals surface area contributed by atoms with E-state index in [1.807, 2.05) is 20.8 Å². The molecule has 0 atom stereocenters. The van der Waals surface area contributed by atoms with Gasteiger partial charge < -0.3 is 10.5 Å². The maximum absolute atomic E-state index is 13.8. The lowest BCUT2D eigenvalue weighted by molar-refractivity contribution is 0.301. The zero-order valence-electron chi connectivity index (χ0n) is 11.7. The molecular weight excluding hydrogens is 325 g/mol. The second-order valence-corrected chi connectivity index (χ2v) is 5.38. The van der Waals surface area contributed by atoms with Crippen molar-refractivity contribution in [3.8, 4) is 11.4 Å². The van der Waals surface area contributed by atoms with Crippen LogP contribution in [-0.2, 0) is 0 Å². The molecule has 1 heterocycles. The predicted octanol–water partition coefficient (Wildman–Crippen LogP) is 3.76. The van der Waals surface area contributed by atoms with Gasteiger partial charge in [0.25, 0.3) is 0 Å². The summed E-state index contributed by atoms with van der Waals surface area (Å²) in [6.45, 7) is 6.23. The molecule has 0 saturated carbocycles. The fourth-order valence-electron chi connectivity index (χ4n) is 1.92. The van der Waals surface area contributed by atoms with Crippen molar-refractivity contribution in [3.05, 3.63) is 33.8 Å². The summed E-state index contributed by atoms with van der Waals surface area (Å²) in [6, 6.07) is 2.86. The molecule has 2 aromatic rings. The lowest BCUT2D eigenvalue weighted by Gasteiger charge is -2.12. The molecule has 2 rings (SSSR count). The van der Waals surface area contributed by atoms with Crippen LogP contribution >= 0.6 is 15.9 Å². The number of halogens is 2. The first-order valence-corrected chi connectivity index (χ1v) is 7.19. The van der Waals surface area contributed by atoms with Crippen molar-refractivity contribution >= 4 is 21.6 Å². The van der Waals surface area contributed by atoms with Crippen LogP contribution in [0.5, 0.6) is 5.75 Å². The summed E-state index contributed by atoms with van der Waals surface area (Å²) < 4.78 is 21.8. The molecule has 1 aromatic heterocycles. The van der Waals surface area contributed by atoms with Crippen LogP contribution in [0.1, 0.15) is 24.7 Å². The third-order valence-corrected chi connectivity index (χ3v) is 4.12. The van der Waals surface area contributed by atoms with E-state index in [4.69, 9.17) is 10.5 Å². The van der Waals surface area contributed by atoms with E-state index in [-0.39, 0.29) is 5.75 Å². The predicted molar refractivity (Wildman–Crippen MR) is 80.9 cm³/mol. The summed E-state index contributed by atoms with van der Waals surface area (Å²) in [5.74, 6) is -0.264. The summed E-state index contributed by atoms with van der Waals surface area (Å²) in [6.07, 6.45) is 0.810. The number of benzene rings is 1. The van der Waals surface area contributed by atoms with Crippen molar-refractivity contribution in [1.82, 2.24) is 9.78 Å². The maximum atomic E-state index is 13.8. The van der Waals surface area contributed by atoms with E-state index >= 15 is 0 Å². The molecule has 0 aliphatic carbocycles. The normalized spacial score (nSPS) is 10.8. The fourth-order valence-corrected chi connectivity index (χ4v) is 2.17. The second-order valence-electron chi connectivity index (χ2n) is 4.59. The molecule has 0 fully saturated rings. The van der Waals surface area contributed by atoms with Gasteiger partial charge >= 0.3 is 0 Å². The van der Waals surface area contributed by atoms with Gasteiger partial charge in [0.2, 0.25) is 0 Å². The highest BCUT2D eigenvalue weighted by Crippen LogP contribution is 2.30. The van der Waals surface area contributed by atoms with Crippen molar-refractivity contribution in [1.29, 1.82) is 0 Å². The average molecular weight is 342 g/mol. The average Bonchev–Trinajstić information content (AvgIpc) is 2.66. The van der Waals surface area contributed by atoms with Crippen molar-refractivity contribution in [2.75, 3.05) is 12.3 Å². The molecule has 0 amide bonds. The van der Waals surface area contributed by atoms with Crippen LogP contribution in [0, 0.1) is 19.7 Å². The number of nitrogens with two attached hydrogens (primary N) is 1. The first-order chi connectivity index (χ1) is 9.45. The smallest absolute Gasteiger partial charge is 0.167 e. The van der Waals surface area contributed by atoms with Gasteiger partial charge in [-0.15, -0.1) is 0 Å². The van der Waals surface area contributed by atoms with Gasteiger partial charge in [0.15, 0.2) is 11.6 Å². The summed E-state index contributed by atoms with van der Waals surface area (Å²) in [4.78, 5) is 0. The van der Waals surface area contributed by atoms with Gasteiger partial charge in [0.05, 0.1) is 33.8 Å². The van der Waals surface area contributed by atoms with Crippen LogP contribution in [0.15, 0.2) is 16.6 Å². The van der Waals surface area contributed by atoms with E-state index in [1.165, 1.54) is 6.07 Å². The Labute approximate surface area is 125 Å². The topological polar surface area (TPSA) is 53.1 Å². The second kappa shape index (κ2) is 5.83. The molecule has 1 aromatic carbocycles. The first-order valence-electron chi connectivity index (χ1n) is 6.39. The third kappa shape index (κ3) is 2.65. The molecule has 0 aliphatic heterocycles. The lowest BCUT2D eigenvalue weighted by atomic mass is 10.2. The molecule has 0 unspecified atom stereocenters. The molecule has 0 saturated heterocycles. The Kier molecular flexibility index (Phi) is 4.32. The lowest BCUT2D eigenvalue weighted by Crippen LogP contribution is -2.06. The number of rotatable bonds is 4. The van der Waals surface area contributed by atoms with Crippen LogP contribution in [0.3, 0.4) is 0 Å². The quantitative estimate of drug-likeness (QED) is 0.861. The van der Waals surface area contributed by atoms with E-state index in [0.717, 1.165) is 22.3 Å². The van der Waals surface area contributed by atoms with E-state index in [9.17, 15) is 4.39 Å². The molecule has 0 spiro atoms. The number of hydrogen-bond donors (Lipinski definition) is 1. The molecule has 2 N–H and O–H groups in total. The number of aromatic nitrogens is 2. The van der Waals surface area contributed by atoms with E-state index in [2.05, 4.69) is 21.0 Å². The molecular formula is C14H17BrFN3O. The molecule has 108 valence electrons. The van der Waals surface area contributed by atoms with Crippen LogP contribution in [0.2, 0.25) is 0 Å². The number of nitrogen functional groups attached to an aromatic ring is 1. The van der Waals surface area contributed by atoms with Gasteiger partial charge in [-0.25, -0.2) is 9.07 Å². The van der Waals surface area contributed by atoms with Crippen molar-refractivity contribution < 1.29 is 9.13 Å². The van der Waals surface area contributed by atoms with Gasteiger partial charge in [-0.2, -0.15) is 5.10 Å². The van der Waals surface area contributed by atoms with E-state index in [0.29, 0.717) is 18.0 Å². The summed E-state index contributed by atoms with van der Waals surface area (Å²) in [5.41, 5.74) is 8.60. The fraction of sp³-hybridized carbons (Fsp3) is 0.357. The minimum atomic E-state index is -0.458. The minimum Gasteiger partial charge on any atom is -0.490 e. The minimum absolute atomic E-state index is 0.194. The molecule has 0 radical (unpaired) electrons. The Morgan fingerprint density at radius 1 is 1.40 bits per heavy atom. The maximum Gasteiger partial charge on any atom is 0.167 e. The molecule has 0 aliphatic rings. The summed E-state index contributed by atoms with van der Waals surface area (Å²) >= 11 is 3.47. The van der Waals surface area contributed by atoms with Gasteiger partial charge in [0.1, 0.15) is 0 Å². The van der Waals surface area contributed by atoms with Gasteiger partial charge in [-0.05, 0) is 36.2 Å². The van der Waals surface area contributed by atoms with Crippen LogP contribution < -0.4 is 10.5 Å². The number of ether oxygens (including phenoxy) is 1. The van der Waals surface area contributed by atoms with Crippen LogP contribution in [0.4, 0.5) is 10.1 Å². The standard InChI is InChI=1S/C14H17BrFN3O/c1-4-5-20-13-7-12(11(17)6-10(13)16)19-9(3)14(15)8(2)18-19/h6-7H,4-5,17H2,1-3H3. The SMILES string of the molecule is CCCOc1cc(-n2nc(C)c(Br)c2C)c(N)cc1F. The molecule has 20 heavy (non-hydrogen) atoms. The van der Waals surface area contributed by atoms with Gasteiger partial charge in [-0.3, -0.25) is 0 Å². The highest BCUT2D eigenvalue weighted by molar-refractivity contribution is 9.10. The Morgan fingerprint density at radius 3 is 2.65 bits per heavy atom. The molecule has 4 nitrogen and oxygen atoms in total. The Balaban J connectivity index is 2.53. The van der Waals surface area contributed by atoms with Crippen LogP contribution in [0.25, 0.3) is 5.69 Å². The molecule has 6 heteroatoms. The number of hydrogen-bond acceptors (Lipinski definition) is 3. The highest BCUT2D eigenvalue weighted by Gasteiger charge is 2.15. The third-order valence-electron chi connectivity index (χ3n) is 2.97. The van der Waals surface area contributed by atoms with Crippen molar-refractivity contribution in [2.45, 2.75) is 27.2 Å². The highest BCUT2D eigenvalue weighted by atomic mass is 79.9. The number of aryl methyl sites for hydroxylation is 1. The zero-order valence-corrected chi connectivity index (χ0v) is 13.3. The summed E-state index contributed by atoms with van der Waals surface area (Å²) in [7, 11) is 0. The monoisotopic (exact) mass is 341 g/mol. The van der Waals surface area contributed by atoms with Crippen molar-refractivity contribution in [3.63, 3.8) is 0 Å². The Morgan fingerprint density at radius 2 is 2.10 bits per heavy atom. The number of nitrogens with zero attached hydrogens (tertiary/aromatic N) is 2. The number of anilines is 1. The Bertz CT molecular complexity index is 640. The van der Waals surface area contributed by atoms with Gasteiger partial charge in [-0.1, -0.05) is 6.92 Å². The van der Waals surface area contributed by atoms with E-state index < -0.39 is 5.82 Å². The molecule has 0 bridgehead atoms. The zero-order chi connectivity index (χ0) is 14.9. The van der Waals surface area contributed by atoms with Crippen LogP contribution in [-0.4, -0.2) is 16.4 Å². The van der Waals surface area contributed by atoms with Gasteiger partial charge in [0, 0.05) is 12.1 Å². The largest absolute Gasteiger partial charge is 0.490 e. The Hall–Kier alpha value is -1.56. The van der Waals surface area contributed by atoms with Crippen molar-refractivity contribution in [2.24, 2.45) is 0 Å². The summed E-state index contributed by atoms with van der Waals surface area (Å²) in [5, 5.41) is 4.40. The van der Waals surface area contributed by atoms with E-state index in [1.54, 1.807) is 10.7 Å².